The van der Waals surface area contributed by atoms with Gasteiger partial charge in [0.1, 0.15) is 5.82 Å². The van der Waals surface area contributed by atoms with E-state index in [4.69, 9.17) is 11.1 Å². The van der Waals surface area contributed by atoms with Crippen LogP contribution in [0, 0.1) is 18.3 Å². The number of hydrazine groups is 1. The number of nitrogens with zero attached hydrogens (tertiary/aromatic N) is 4. The predicted octanol–water partition coefficient (Wildman–Crippen LogP) is 1.20. The summed E-state index contributed by atoms with van der Waals surface area (Å²) in [6, 6.07) is 4.29. The quantitative estimate of drug-likeness (QED) is 0.587. The molecule has 1 aromatic rings. The zero-order valence-electron chi connectivity index (χ0n) is 10.4. The van der Waals surface area contributed by atoms with E-state index < -0.39 is 0 Å². The standard InChI is InChI=1S/C11H18N6/c1-8(2)17(6-4-5-12)10-7-9(3)14-11(15-10)16-13/h7-8H,4,6,13H2,1-3H3,(H,14,15,16). The van der Waals surface area contributed by atoms with Crippen LogP contribution in [-0.4, -0.2) is 22.6 Å². The molecule has 92 valence electrons. The summed E-state index contributed by atoms with van der Waals surface area (Å²) in [7, 11) is 0. The highest BCUT2D eigenvalue weighted by Gasteiger charge is 2.13. The van der Waals surface area contributed by atoms with Gasteiger partial charge in [0, 0.05) is 24.3 Å². The van der Waals surface area contributed by atoms with Crippen molar-refractivity contribution in [3.8, 4) is 6.07 Å². The molecule has 0 aromatic carbocycles. The Bertz CT molecular complexity index is 409. The van der Waals surface area contributed by atoms with Crippen LogP contribution in [0.4, 0.5) is 11.8 Å². The van der Waals surface area contributed by atoms with Crippen molar-refractivity contribution in [1.82, 2.24) is 9.97 Å². The number of nitrogens with two attached hydrogens (primary N) is 1. The van der Waals surface area contributed by atoms with Crippen molar-refractivity contribution in [2.24, 2.45) is 5.84 Å². The van der Waals surface area contributed by atoms with Crippen LogP contribution in [0.15, 0.2) is 6.07 Å². The van der Waals surface area contributed by atoms with E-state index in [0.717, 1.165) is 11.5 Å². The van der Waals surface area contributed by atoms with Gasteiger partial charge in [-0.05, 0) is 20.8 Å². The van der Waals surface area contributed by atoms with Crippen LogP contribution >= 0.6 is 0 Å². The lowest BCUT2D eigenvalue weighted by Gasteiger charge is -2.27. The largest absolute Gasteiger partial charge is 0.353 e. The molecule has 0 bridgehead atoms. The molecule has 1 aromatic heterocycles. The molecule has 0 saturated heterocycles. The molecule has 6 nitrogen and oxygen atoms in total. The minimum atomic E-state index is 0.267. The summed E-state index contributed by atoms with van der Waals surface area (Å²) in [6.07, 6.45) is 0.465. The van der Waals surface area contributed by atoms with E-state index in [1.54, 1.807) is 0 Å². The normalized spacial score (nSPS) is 10.1. The van der Waals surface area contributed by atoms with Gasteiger partial charge in [-0.15, -0.1) is 0 Å². The Morgan fingerprint density at radius 3 is 2.76 bits per heavy atom. The number of hydrogen-bond donors (Lipinski definition) is 2. The maximum absolute atomic E-state index is 8.66. The molecule has 0 radical (unpaired) electrons. The van der Waals surface area contributed by atoms with Crippen molar-refractivity contribution in [1.29, 1.82) is 5.26 Å². The van der Waals surface area contributed by atoms with Gasteiger partial charge >= 0.3 is 0 Å². The molecular weight excluding hydrogens is 216 g/mol. The molecule has 3 N–H and O–H groups in total. The number of nitrogens with one attached hydrogen (secondary N) is 1. The van der Waals surface area contributed by atoms with Crippen molar-refractivity contribution in [3.63, 3.8) is 0 Å². The van der Waals surface area contributed by atoms with Crippen molar-refractivity contribution < 1.29 is 0 Å². The average molecular weight is 234 g/mol. The van der Waals surface area contributed by atoms with Crippen LogP contribution < -0.4 is 16.2 Å². The van der Waals surface area contributed by atoms with E-state index in [2.05, 4.69) is 40.2 Å². The maximum atomic E-state index is 8.66. The van der Waals surface area contributed by atoms with Gasteiger partial charge in [-0.3, -0.25) is 5.43 Å². The molecule has 0 aliphatic heterocycles. The van der Waals surface area contributed by atoms with E-state index in [0.29, 0.717) is 18.9 Å². The average Bonchev–Trinajstić information content (AvgIpc) is 2.28. The molecule has 1 rings (SSSR count). The Morgan fingerprint density at radius 1 is 1.53 bits per heavy atom. The van der Waals surface area contributed by atoms with Crippen LogP contribution in [0.25, 0.3) is 0 Å². The molecule has 6 heteroatoms. The van der Waals surface area contributed by atoms with E-state index in [1.807, 2.05) is 13.0 Å². The fourth-order valence-corrected chi connectivity index (χ4v) is 1.57. The third kappa shape index (κ3) is 3.57. The lowest BCUT2D eigenvalue weighted by molar-refractivity contribution is 0.675. The van der Waals surface area contributed by atoms with Gasteiger partial charge in [-0.25, -0.2) is 10.8 Å². The highest BCUT2D eigenvalue weighted by atomic mass is 15.3. The van der Waals surface area contributed by atoms with Crippen LogP contribution in [0.1, 0.15) is 26.0 Å². The second-order valence-electron chi connectivity index (χ2n) is 4.03. The number of aryl methyl sites for hydroxylation is 1. The fourth-order valence-electron chi connectivity index (χ4n) is 1.57. The second-order valence-corrected chi connectivity index (χ2v) is 4.03. The first-order valence-electron chi connectivity index (χ1n) is 5.54. The predicted molar refractivity (Wildman–Crippen MR) is 67.3 cm³/mol. The van der Waals surface area contributed by atoms with E-state index in [-0.39, 0.29) is 6.04 Å². The molecule has 0 saturated carbocycles. The lowest BCUT2D eigenvalue weighted by atomic mass is 10.2. The number of nitriles is 1. The SMILES string of the molecule is Cc1cc(N(CCC#N)C(C)C)nc(NN)n1. The van der Waals surface area contributed by atoms with Gasteiger partial charge in [-0.2, -0.15) is 10.2 Å². The number of rotatable bonds is 5. The first kappa shape index (κ1) is 13.2. The molecule has 0 atom stereocenters. The smallest absolute Gasteiger partial charge is 0.239 e. The van der Waals surface area contributed by atoms with Gasteiger partial charge in [0.25, 0.3) is 0 Å². The van der Waals surface area contributed by atoms with Gasteiger partial charge in [-0.1, -0.05) is 0 Å². The van der Waals surface area contributed by atoms with E-state index >= 15 is 0 Å². The summed E-state index contributed by atoms with van der Waals surface area (Å²) in [5.41, 5.74) is 3.28. The zero-order valence-corrected chi connectivity index (χ0v) is 10.4. The highest BCUT2D eigenvalue weighted by molar-refractivity contribution is 5.45. The van der Waals surface area contributed by atoms with Crippen molar-refractivity contribution >= 4 is 11.8 Å². The Morgan fingerprint density at radius 2 is 2.24 bits per heavy atom. The Balaban J connectivity index is 3.01. The maximum Gasteiger partial charge on any atom is 0.239 e. The van der Waals surface area contributed by atoms with Gasteiger partial charge < -0.3 is 4.90 Å². The molecule has 17 heavy (non-hydrogen) atoms. The molecule has 0 aliphatic carbocycles. The summed E-state index contributed by atoms with van der Waals surface area (Å²) < 4.78 is 0. The van der Waals surface area contributed by atoms with Crippen molar-refractivity contribution in [2.75, 3.05) is 16.9 Å². The lowest BCUT2D eigenvalue weighted by Crippen LogP contribution is -2.32. The van der Waals surface area contributed by atoms with Crippen LogP contribution in [0.3, 0.4) is 0 Å². The first-order valence-corrected chi connectivity index (χ1v) is 5.54. The van der Waals surface area contributed by atoms with E-state index in [1.165, 1.54) is 0 Å². The topological polar surface area (TPSA) is 90.9 Å². The highest BCUT2D eigenvalue weighted by Crippen LogP contribution is 2.17. The Hall–Kier alpha value is -1.87. The first-order chi connectivity index (χ1) is 8.08. The number of nitrogen functional groups attached to an aromatic ring is 1. The summed E-state index contributed by atoms with van der Waals surface area (Å²) in [5.74, 6) is 6.50. The Labute approximate surface area is 101 Å². The van der Waals surface area contributed by atoms with Gasteiger partial charge in [0.2, 0.25) is 5.95 Å². The summed E-state index contributed by atoms with van der Waals surface area (Å²) >= 11 is 0. The molecule has 0 fully saturated rings. The monoisotopic (exact) mass is 234 g/mol. The molecule has 0 aliphatic rings. The van der Waals surface area contributed by atoms with Crippen molar-refractivity contribution in [2.45, 2.75) is 33.2 Å². The fraction of sp³-hybridized carbons (Fsp3) is 0.545. The number of anilines is 2. The minimum absolute atomic E-state index is 0.267. The molecular formula is C11H18N6. The summed E-state index contributed by atoms with van der Waals surface area (Å²) in [6.45, 7) is 6.65. The van der Waals surface area contributed by atoms with Gasteiger partial charge in [0.05, 0.1) is 12.5 Å². The van der Waals surface area contributed by atoms with Gasteiger partial charge in [0.15, 0.2) is 0 Å². The molecule has 0 spiro atoms. The van der Waals surface area contributed by atoms with Crippen LogP contribution in [0.5, 0.6) is 0 Å². The zero-order chi connectivity index (χ0) is 12.8. The van der Waals surface area contributed by atoms with Crippen molar-refractivity contribution in [3.05, 3.63) is 11.8 Å². The van der Waals surface area contributed by atoms with Crippen LogP contribution in [0.2, 0.25) is 0 Å². The minimum Gasteiger partial charge on any atom is -0.353 e. The van der Waals surface area contributed by atoms with Crippen LogP contribution in [-0.2, 0) is 0 Å². The second kappa shape index (κ2) is 6.01. The molecule has 1 heterocycles. The molecule has 0 amide bonds. The summed E-state index contributed by atoms with van der Waals surface area (Å²) in [4.78, 5) is 10.5. The third-order valence-corrected chi connectivity index (χ3v) is 2.35. The molecule has 0 unspecified atom stereocenters. The third-order valence-electron chi connectivity index (χ3n) is 2.35. The summed E-state index contributed by atoms with van der Waals surface area (Å²) in [5, 5.41) is 8.66. The Kier molecular flexibility index (Phi) is 4.67. The van der Waals surface area contributed by atoms with E-state index in [9.17, 15) is 0 Å². The number of hydrogen-bond acceptors (Lipinski definition) is 6. The number of aromatic nitrogens is 2.